The van der Waals surface area contributed by atoms with Gasteiger partial charge in [-0.05, 0) is 94.1 Å². The predicted octanol–water partition coefficient (Wildman–Crippen LogP) is 10.3. The Bertz CT molecular complexity index is 742. The van der Waals surface area contributed by atoms with E-state index in [1.807, 2.05) is 0 Å². The van der Waals surface area contributed by atoms with Gasteiger partial charge in [0.2, 0.25) is 0 Å². The smallest absolute Gasteiger partial charge is 0.0253 e. The SMILES string of the molecule is C=C(CC(C)C)C1CC=CCC1N(CC)[C@H](C)/C=C\[C@H](CC)P(C1=CCCCC1)[C@H](C)/C=C\CC. The van der Waals surface area contributed by atoms with E-state index in [0.717, 1.165) is 32.2 Å². The minimum Gasteiger partial charge on any atom is -0.294 e. The summed E-state index contributed by atoms with van der Waals surface area (Å²) in [4.78, 5) is 2.76. The van der Waals surface area contributed by atoms with Crippen LogP contribution in [0.25, 0.3) is 0 Å². The van der Waals surface area contributed by atoms with Crippen LogP contribution in [0, 0.1) is 11.8 Å². The molecule has 0 aromatic heterocycles. The summed E-state index contributed by atoms with van der Waals surface area (Å²) in [7, 11) is -0.169. The van der Waals surface area contributed by atoms with E-state index in [-0.39, 0.29) is 7.92 Å². The summed E-state index contributed by atoms with van der Waals surface area (Å²) in [5.74, 6) is 1.27. The monoisotopic (exact) mass is 497 g/mol. The average molecular weight is 498 g/mol. The molecule has 0 heterocycles. The summed E-state index contributed by atoms with van der Waals surface area (Å²) >= 11 is 0. The van der Waals surface area contributed by atoms with Crippen LogP contribution < -0.4 is 0 Å². The van der Waals surface area contributed by atoms with Gasteiger partial charge in [0.25, 0.3) is 0 Å². The van der Waals surface area contributed by atoms with Crippen LogP contribution >= 0.6 is 7.92 Å². The Morgan fingerprint density at radius 3 is 2.40 bits per heavy atom. The summed E-state index contributed by atoms with van der Waals surface area (Å²) in [6.45, 7) is 22.2. The fourth-order valence-electron chi connectivity index (χ4n) is 6.19. The number of hydrogen-bond acceptors (Lipinski definition) is 1. The second-order valence-corrected chi connectivity index (χ2v) is 14.1. The molecule has 0 bridgehead atoms. The molecule has 2 aliphatic carbocycles. The summed E-state index contributed by atoms with van der Waals surface area (Å²) < 4.78 is 0. The molecular weight excluding hydrogens is 441 g/mol. The lowest BCUT2D eigenvalue weighted by molar-refractivity contribution is 0.133. The zero-order valence-corrected chi connectivity index (χ0v) is 25.1. The van der Waals surface area contributed by atoms with Crippen molar-refractivity contribution in [1.29, 1.82) is 0 Å². The van der Waals surface area contributed by atoms with Crippen molar-refractivity contribution >= 4 is 7.92 Å². The topological polar surface area (TPSA) is 3.24 Å². The molecule has 0 aromatic carbocycles. The summed E-state index contributed by atoms with van der Waals surface area (Å²) in [5.41, 5.74) is 2.79. The number of allylic oxidation sites excluding steroid dienone is 6. The van der Waals surface area contributed by atoms with E-state index < -0.39 is 0 Å². The lowest BCUT2D eigenvalue weighted by atomic mass is 9.79. The Morgan fingerprint density at radius 2 is 1.80 bits per heavy atom. The van der Waals surface area contributed by atoms with E-state index in [0.29, 0.717) is 35.2 Å². The van der Waals surface area contributed by atoms with Crippen molar-refractivity contribution in [3.8, 4) is 0 Å². The molecule has 2 rings (SSSR count). The lowest BCUT2D eigenvalue weighted by Gasteiger charge is -2.41. The molecule has 0 N–H and O–H groups in total. The minimum atomic E-state index is -0.169. The third-order valence-electron chi connectivity index (χ3n) is 7.98. The molecule has 35 heavy (non-hydrogen) atoms. The van der Waals surface area contributed by atoms with Gasteiger partial charge in [-0.15, -0.1) is 0 Å². The quantitative estimate of drug-likeness (QED) is 0.170. The van der Waals surface area contributed by atoms with Crippen LogP contribution in [0.4, 0.5) is 0 Å². The first-order valence-electron chi connectivity index (χ1n) is 14.7. The third kappa shape index (κ3) is 9.16. The molecule has 0 aromatic rings. The van der Waals surface area contributed by atoms with Crippen molar-refractivity contribution in [2.45, 2.75) is 130 Å². The largest absolute Gasteiger partial charge is 0.294 e. The molecule has 1 nitrogen and oxygen atoms in total. The van der Waals surface area contributed by atoms with Gasteiger partial charge in [-0.25, -0.2) is 0 Å². The van der Waals surface area contributed by atoms with Crippen molar-refractivity contribution in [3.05, 3.63) is 60.0 Å². The minimum absolute atomic E-state index is 0.169. The van der Waals surface area contributed by atoms with Gasteiger partial charge in [0.15, 0.2) is 0 Å². The Balaban J connectivity index is 2.23. The van der Waals surface area contributed by atoms with Crippen molar-refractivity contribution in [1.82, 2.24) is 4.90 Å². The first-order valence-corrected chi connectivity index (χ1v) is 16.2. The highest BCUT2D eigenvalue weighted by Crippen LogP contribution is 2.58. The van der Waals surface area contributed by atoms with Crippen LogP contribution in [0.3, 0.4) is 0 Å². The van der Waals surface area contributed by atoms with Crippen molar-refractivity contribution in [2.24, 2.45) is 11.8 Å². The second kappa shape index (κ2) is 16.0. The maximum Gasteiger partial charge on any atom is 0.0253 e. The molecule has 2 heteroatoms. The van der Waals surface area contributed by atoms with Crippen molar-refractivity contribution < 1.29 is 0 Å². The van der Waals surface area contributed by atoms with Gasteiger partial charge in [-0.1, -0.05) is 104 Å². The highest BCUT2D eigenvalue weighted by molar-refractivity contribution is 7.63. The number of hydrogen-bond donors (Lipinski definition) is 0. The van der Waals surface area contributed by atoms with Gasteiger partial charge in [-0.3, -0.25) is 4.90 Å². The summed E-state index contributed by atoms with van der Waals surface area (Å²) in [6.07, 6.45) is 28.7. The van der Waals surface area contributed by atoms with E-state index in [1.165, 1.54) is 37.7 Å². The lowest BCUT2D eigenvalue weighted by Crippen LogP contribution is -2.46. The van der Waals surface area contributed by atoms with E-state index in [4.69, 9.17) is 0 Å². The van der Waals surface area contributed by atoms with E-state index >= 15 is 0 Å². The highest BCUT2D eigenvalue weighted by atomic mass is 31.1. The predicted molar refractivity (Wildman–Crippen MR) is 162 cm³/mol. The fourth-order valence-corrected chi connectivity index (χ4v) is 9.48. The molecule has 0 amide bonds. The molecule has 0 aliphatic heterocycles. The van der Waals surface area contributed by atoms with Crippen LogP contribution in [-0.2, 0) is 0 Å². The molecule has 0 spiro atoms. The Hall–Kier alpha value is -0.910. The molecule has 6 atom stereocenters. The molecule has 0 radical (unpaired) electrons. The van der Waals surface area contributed by atoms with Gasteiger partial charge in [0, 0.05) is 17.7 Å². The summed E-state index contributed by atoms with van der Waals surface area (Å²) in [6, 6.07) is 1.03. The Labute approximate surface area is 220 Å². The van der Waals surface area contributed by atoms with E-state index in [9.17, 15) is 0 Å². The van der Waals surface area contributed by atoms with Crippen LogP contribution in [0.15, 0.2) is 60.0 Å². The van der Waals surface area contributed by atoms with Gasteiger partial charge in [0.05, 0.1) is 0 Å². The number of rotatable bonds is 14. The molecule has 0 saturated heterocycles. The van der Waals surface area contributed by atoms with Gasteiger partial charge in [0.1, 0.15) is 0 Å². The van der Waals surface area contributed by atoms with Gasteiger partial charge in [-0.2, -0.15) is 0 Å². The number of nitrogens with zero attached hydrogens (tertiary/aromatic N) is 1. The molecular formula is C33H56NP. The molecule has 2 aliphatic rings. The third-order valence-corrected chi connectivity index (χ3v) is 11.4. The highest BCUT2D eigenvalue weighted by Gasteiger charge is 2.32. The van der Waals surface area contributed by atoms with Gasteiger partial charge < -0.3 is 0 Å². The maximum absolute atomic E-state index is 4.56. The second-order valence-electron chi connectivity index (χ2n) is 11.2. The standard InChI is InChI=1S/C33H56NP/c1-9-12-18-29(8)35(31-19-14-13-15-20-31)30(10-2)24-23-28(7)34(11-3)33-22-17-16-21-32(33)27(6)25-26(4)5/h12,16-19,23-24,26,28-30,32-33H,6,9-11,13-15,20-22,25H2,1-5,7-8H3/b18-12-,24-23-/t28-,29-,30+,32?,33?,35?/m1/s1. The average Bonchev–Trinajstić information content (AvgIpc) is 2.85. The summed E-state index contributed by atoms with van der Waals surface area (Å²) in [5, 5.41) is 1.79. The van der Waals surface area contributed by atoms with Crippen LogP contribution in [0.5, 0.6) is 0 Å². The zero-order chi connectivity index (χ0) is 25.8. The van der Waals surface area contributed by atoms with E-state index in [1.54, 1.807) is 5.31 Å². The van der Waals surface area contributed by atoms with Crippen molar-refractivity contribution in [2.75, 3.05) is 6.54 Å². The normalized spacial score (nSPS) is 24.8. The van der Waals surface area contributed by atoms with Crippen molar-refractivity contribution in [3.63, 3.8) is 0 Å². The van der Waals surface area contributed by atoms with Crippen LogP contribution in [0.1, 0.15) is 106 Å². The first-order chi connectivity index (χ1) is 16.8. The van der Waals surface area contributed by atoms with Crippen LogP contribution in [-0.4, -0.2) is 34.8 Å². The molecule has 0 fully saturated rings. The van der Waals surface area contributed by atoms with Gasteiger partial charge >= 0.3 is 0 Å². The maximum atomic E-state index is 4.56. The fraction of sp³-hybridized carbons (Fsp3) is 0.697. The Kier molecular flexibility index (Phi) is 13.9. The van der Waals surface area contributed by atoms with Crippen LogP contribution in [0.2, 0.25) is 0 Å². The Morgan fingerprint density at radius 1 is 1.06 bits per heavy atom. The number of likely N-dealkylation sites (N-methyl/N-ethyl adjacent to an activating group) is 1. The molecule has 3 unspecified atom stereocenters. The first kappa shape index (κ1) is 30.3. The zero-order valence-electron chi connectivity index (χ0n) is 24.2. The molecule has 0 saturated carbocycles. The molecule has 198 valence electrons. The van der Waals surface area contributed by atoms with E-state index in [2.05, 4.69) is 102 Å².